The summed E-state index contributed by atoms with van der Waals surface area (Å²) in [5, 5.41) is 6.01. The summed E-state index contributed by atoms with van der Waals surface area (Å²) in [5.41, 5.74) is 4.37. The van der Waals surface area contributed by atoms with Gasteiger partial charge < -0.3 is 10.6 Å². The Kier molecular flexibility index (Phi) is 5.59. The second kappa shape index (κ2) is 7.64. The molecule has 0 spiro atoms. The van der Waals surface area contributed by atoms with Crippen LogP contribution in [0.15, 0.2) is 48.5 Å². The summed E-state index contributed by atoms with van der Waals surface area (Å²) in [6, 6.07) is 16.1. The minimum atomic E-state index is -0.159. The van der Waals surface area contributed by atoms with Gasteiger partial charge >= 0.3 is 6.03 Å². The third-order valence-electron chi connectivity index (χ3n) is 3.84. The fraction of sp³-hybridized carbons (Fsp3) is 0.316. The van der Waals surface area contributed by atoms with Gasteiger partial charge in [0.15, 0.2) is 0 Å². The largest absolute Gasteiger partial charge is 0.331 e. The first-order chi connectivity index (χ1) is 10.6. The molecule has 1 unspecified atom stereocenters. The zero-order valence-corrected chi connectivity index (χ0v) is 13.5. The fourth-order valence-corrected chi connectivity index (χ4v) is 2.49. The van der Waals surface area contributed by atoms with E-state index in [0.29, 0.717) is 0 Å². The summed E-state index contributed by atoms with van der Waals surface area (Å²) in [4.78, 5) is 12.3. The Hall–Kier alpha value is -2.29. The van der Waals surface area contributed by atoms with E-state index in [-0.39, 0.29) is 12.1 Å². The number of hydrogen-bond donors (Lipinski definition) is 2. The Bertz CT molecular complexity index is 620. The van der Waals surface area contributed by atoms with E-state index in [9.17, 15) is 4.79 Å². The molecule has 1 atom stereocenters. The van der Waals surface area contributed by atoms with Gasteiger partial charge in [-0.2, -0.15) is 0 Å². The van der Waals surface area contributed by atoms with Crippen LogP contribution in [0.2, 0.25) is 0 Å². The highest BCUT2D eigenvalue weighted by molar-refractivity contribution is 5.90. The van der Waals surface area contributed by atoms with E-state index in [0.717, 1.165) is 29.7 Å². The lowest BCUT2D eigenvalue weighted by atomic mass is 10.0. The Morgan fingerprint density at radius 1 is 1.05 bits per heavy atom. The lowest BCUT2D eigenvalue weighted by Gasteiger charge is -2.19. The van der Waals surface area contributed by atoms with Gasteiger partial charge in [0.05, 0.1) is 6.04 Å². The van der Waals surface area contributed by atoms with Crippen molar-refractivity contribution in [2.24, 2.45) is 0 Å². The highest BCUT2D eigenvalue weighted by Gasteiger charge is 2.13. The van der Waals surface area contributed by atoms with Crippen LogP contribution in [0.5, 0.6) is 0 Å². The van der Waals surface area contributed by atoms with Crippen LogP contribution >= 0.6 is 0 Å². The molecule has 0 aliphatic carbocycles. The summed E-state index contributed by atoms with van der Waals surface area (Å²) in [5.74, 6) is 0. The van der Waals surface area contributed by atoms with E-state index in [4.69, 9.17) is 0 Å². The van der Waals surface area contributed by atoms with Gasteiger partial charge in [0.25, 0.3) is 0 Å². The number of anilines is 1. The van der Waals surface area contributed by atoms with E-state index in [1.165, 1.54) is 5.56 Å². The molecule has 0 bridgehead atoms. The van der Waals surface area contributed by atoms with E-state index in [1.807, 2.05) is 24.3 Å². The van der Waals surface area contributed by atoms with Gasteiger partial charge in [-0.1, -0.05) is 61.9 Å². The smallest absolute Gasteiger partial charge is 0.319 e. The lowest BCUT2D eigenvalue weighted by molar-refractivity contribution is 0.248. The van der Waals surface area contributed by atoms with Crippen molar-refractivity contribution in [3.63, 3.8) is 0 Å². The normalized spacial score (nSPS) is 11.8. The number of rotatable bonds is 5. The van der Waals surface area contributed by atoms with Gasteiger partial charge in [0.2, 0.25) is 0 Å². The van der Waals surface area contributed by atoms with Crippen molar-refractivity contribution in [2.45, 2.75) is 39.7 Å². The molecule has 2 aromatic carbocycles. The zero-order valence-electron chi connectivity index (χ0n) is 13.5. The molecule has 0 aliphatic heterocycles. The highest BCUT2D eigenvalue weighted by Crippen LogP contribution is 2.19. The molecule has 0 heterocycles. The van der Waals surface area contributed by atoms with Crippen molar-refractivity contribution in [2.75, 3.05) is 5.32 Å². The summed E-state index contributed by atoms with van der Waals surface area (Å²) in [6.07, 6.45) is 1.75. The number of carbonyl (C=O) groups excluding carboxylic acids is 1. The van der Waals surface area contributed by atoms with Crippen molar-refractivity contribution in [1.29, 1.82) is 0 Å². The Morgan fingerprint density at radius 3 is 2.36 bits per heavy atom. The first kappa shape index (κ1) is 16.1. The van der Waals surface area contributed by atoms with Crippen LogP contribution in [0, 0.1) is 6.92 Å². The molecule has 22 heavy (non-hydrogen) atoms. The van der Waals surface area contributed by atoms with Crippen LogP contribution in [-0.4, -0.2) is 6.03 Å². The second-order valence-electron chi connectivity index (χ2n) is 5.48. The molecule has 2 aromatic rings. The van der Waals surface area contributed by atoms with Crippen LogP contribution in [0.25, 0.3) is 0 Å². The molecule has 0 saturated carbocycles. The average molecular weight is 296 g/mol. The van der Waals surface area contributed by atoms with E-state index in [2.05, 4.69) is 55.7 Å². The van der Waals surface area contributed by atoms with Gasteiger partial charge in [-0.3, -0.25) is 0 Å². The first-order valence-corrected chi connectivity index (χ1v) is 7.86. The standard InChI is InChI=1S/C19H24N2O/c1-4-15-8-6-7-9-18(15)21-19(22)20-17(5-2)16-12-10-14(3)11-13-16/h6-13,17H,4-5H2,1-3H3,(H2,20,21,22). The minimum Gasteiger partial charge on any atom is -0.331 e. The first-order valence-electron chi connectivity index (χ1n) is 7.86. The molecule has 0 saturated heterocycles. The number of amides is 2. The Balaban J connectivity index is 2.05. The Labute approximate surface area is 132 Å². The maximum atomic E-state index is 12.3. The number of nitrogens with one attached hydrogen (secondary N) is 2. The number of hydrogen-bond acceptors (Lipinski definition) is 1. The third kappa shape index (κ3) is 4.10. The molecule has 3 heteroatoms. The quantitative estimate of drug-likeness (QED) is 0.815. The monoisotopic (exact) mass is 296 g/mol. The van der Waals surface area contributed by atoms with Gasteiger partial charge in [0.1, 0.15) is 0 Å². The molecular weight excluding hydrogens is 272 g/mol. The molecule has 2 amide bonds. The highest BCUT2D eigenvalue weighted by atomic mass is 16.2. The third-order valence-corrected chi connectivity index (χ3v) is 3.84. The number of benzene rings is 2. The van der Waals surface area contributed by atoms with Gasteiger partial charge in [0, 0.05) is 5.69 Å². The summed E-state index contributed by atoms with van der Waals surface area (Å²) in [7, 11) is 0. The van der Waals surface area contributed by atoms with Gasteiger partial charge in [-0.05, 0) is 37.0 Å². The molecule has 2 rings (SSSR count). The summed E-state index contributed by atoms with van der Waals surface area (Å²) in [6.45, 7) is 6.22. The predicted molar refractivity (Wildman–Crippen MR) is 92.2 cm³/mol. The number of aryl methyl sites for hydroxylation is 2. The minimum absolute atomic E-state index is 0.0226. The predicted octanol–water partition coefficient (Wildman–Crippen LogP) is 4.83. The van der Waals surface area contributed by atoms with Crippen LogP contribution in [0.4, 0.5) is 10.5 Å². The van der Waals surface area contributed by atoms with Crippen LogP contribution < -0.4 is 10.6 Å². The maximum absolute atomic E-state index is 12.3. The van der Waals surface area contributed by atoms with Crippen molar-refractivity contribution >= 4 is 11.7 Å². The molecule has 0 aromatic heterocycles. The zero-order chi connectivity index (χ0) is 15.9. The average Bonchev–Trinajstić information content (AvgIpc) is 2.54. The second-order valence-corrected chi connectivity index (χ2v) is 5.48. The van der Waals surface area contributed by atoms with Crippen molar-refractivity contribution in [3.8, 4) is 0 Å². The van der Waals surface area contributed by atoms with Crippen LogP contribution in [0.1, 0.15) is 43.0 Å². The molecule has 2 N–H and O–H groups in total. The van der Waals surface area contributed by atoms with Gasteiger partial charge in [-0.15, -0.1) is 0 Å². The number of urea groups is 1. The summed E-state index contributed by atoms with van der Waals surface area (Å²) < 4.78 is 0. The Morgan fingerprint density at radius 2 is 1.73 bits per heavy atom. The van der Waals surface area contributed by atoms with E-state index >= 15 is 0 Å². The molecular formula is C19H24N2O. The van der Waals surface area contributed by atoms with E-state index in [1.54, 1.807) is 0 Å². The van der Waals surface area contributed by atoms with Crippen molar-refractivity contribution in [3.05, 3.63) is 65.2 Å². The molecule has 3 nitrogen and oxygen atoms in total. The summed E-state index contributed by atoms with van der Waals surface area (Å²) >= 11 is 0. The van der Waals surface area contributed by atoms with Gasteiger partial charge in [-0.25, -0.2) is 4.79 Å². The molecule has 0 aliphatic rings. The SMILES string of the molecule is CCc1ccccc1NC(=O)NC(CC)c1ccc(C)cc1. The maximum Gasteiger partial charge on any atom is 0.319 e. The molecule has 116 valence electrons. The van der Waals surface area contributed by atoms with Crippen LogP contribution in [0.3, 0.4) is 0 Å². The number of carbonyl (C=O) groups is 1. The van der Waals surface area contributed by atoms with Crippen LogP contribution in [-0.2, 0) is 6.42 Å². The topological polar surface area (TPSA) is 41.1 Å². The fourth-order valence-electron chi connectivity index (χ4n) is 2.49. The molecule has 0 radical (unpaired) electrons. The lowest BCUT2D eigenvalue weighted by Crippen LogP contribution is -2.32. The van der Waals surface area contributed by atoms with E-state index < -0.39 is 0 Å². The number of para-hydroxylation sites is 1. The van der Waals surface area contributed by atoms with Crippen molar-refractivity contribution in [1.82, 2.24) is 5.32 Å². The molecule has 0 fully saturated rings. The van der Waals surface area contributed by atoms with Crippen molar-refractivity contribution < 1.29 is 4.79 Å².